The third-order valence-corrected chi connectivity index (χ3v) is 5.23. The normalized spacial score (nSPS) is 17.3. The largest absolute Gasteiger partial charge is 0.508 e. The fraction of sp³-hybridized carbons (Fsp3) is 0.455. The van der Waals surface area contributed by atoms with Crippen molar-refractivity contribution in [3.8, 4) is 5.75 Å². The second-order valence-corrected chi connectivity index (χ2v) is 7.47. The van der Waals surface area contributed by atoms with Crippen molar-refractivity contribution in [2.45, 2.75) is 44.7 Å². The lowest BCUT2D eigenvalue weighted by Gasteiger charge is -2.37. The molecule has 1 aliphatic rings. The van der Waals surface area contributed by atoms with Crippen molar-refractivity contribution in [2.24, 2.45) is 0 Å². The molecule has 5 nitrogen and oxygen atoms in total. The van der Waals surface area contributed by atoms with Gasteiger partial charge < -0.3 is 10.0 Å². The van der Waals surface area contributed by atoms with E-state index in [9.17, 15) is 9.90 Å². The number of phenolic OH excluding ortho intramolecular Hbond substituents is 1. The van der Waals surface area contributed by atoms with Gasteiger partial charge in [-0.05, 0) is 74.5 Å². The number of carbonyl (C=O) groups is 1. The van der Waals surface area contributed by atoms with E-state index in [1.54, 1.807) is 18.5 Å². The molecule has 0 bridgehead atoms. The molecule has 1 aromatic carbocycles. The molecular formula is C22H29N3O2. The first-order chi connectivity index (χ1) is 13.1. The van der Waals surface area contributed by atoms with E-state index < -0.39 is 0 Å². The molecule has 2 heterocycles. The predicted molar refractivity (Wildman–Crippen MR) is 106 cm³/mol. The van der Waals surface area contributed by atoms with Crippen molar-refractivity contribution in [3.05, 3.63) is 59.9 Å². The molecule has 1 N–H and O–H groups in total. The van der Waals surface area contributed by atoms with Crippen molar-refractivity contribution in [1.82, 2.24) is 14.8 Å². The molecule has 0 spiro atoms. The molecule has 0 radical (unpaired) electrons. The molecular weight excluding hydrogens is 338 g/mol. The second-order valence-electron chi connectivity index (χ2n) is 7.47. The molecule has 0 saturated carbocycles. The molecule has 1 fully saturated rings. The first-order valence-corrected chi connectivity index (χ1v) is 9.76. The minimum absolute atomic E-state index is 0.215. The average molecular weight is 367 g/mol. The van der Waals surface area contributed by atoms with Crippen LogP contribution in [0.1, 0.15) is 36.8 Å². The highest BCUT2D eigenvalue weighted by Crippen LogP contribution is 2.23. The number of hydrogen-bond donors (Lipinski definition) is 1. The molecule has 3 rings (SSSR count). The number of nitrogens with zero attached hydrogens (tertiary/aromatic N) is 3. The summed E-state index contributed by atoms with van der Waals surface area (Å²) in [7, 11) is 1.99. The summed E-state index contributed by atoms with van der Waals surface area (Å²) >= 11 is 0. The highest BCUT2D eigenvalue weighted by Gasteiger charge is 2.26. The van der Waals surface area contributed by atoms with Gasteiger partial charge in [-0.1, -0.05) is 12.1 Å². The molecule has 1 atom stereocenters. The van der Waals surface area contributed by atoms with Gasteiger partial charge in [-0.2, -0.15) is 0 Å². The summed E-state index contributed by atoms with van der Waals surface area (Å²) in [5.41, 5.74) is 2.29. The Morgan fingerprint density at radius 2 is 2.04 bits per heavy atom. The van der Waals surface area contributed by atoms with Gasteiger partial charge in [0.2, 0.25) is 5.91 Å². The van der Waals surface area contributed by atoms with Gasteiger partial charge in [0.25, 0.3) is 0 Å². The lowest BCUT2D eigenvalue weighted by atomic mass is 9.95. The van der Waals surface area contributed by atoms with Gasteiger partial charge in [0.15, 0.2) is 0 Å². The Balaban J connectivity index is 1.54. The van der Waals surface area contributed by atoms with Gasteiger partial charge in [0.1, 0.15) is 5.75 Å². The van der Waals surface area contributed by atoms with E-state index in [-0.39, 0.29) is 5.91 Å². The van der Waals surface area contributed by atoms with Crippen molar-refractivity contribution >= 4 is 5.91 Å². The van der Waals surface area contributed by atoms with Gasteiger partial charge in [-0.3, -0.25) is 14.7 Å². The quantitative estimate of drug-likeness (QED) is 0.816. The number of benzene rings is 1. The molecule has 144 valence electrons. The molecule has 5 heteroatoms. The minimum Gasteiger partial charge on any atom is -0.508 e. The van der Waals surface area contributed by atoms with E-state index >= 15 is 0 Å². The maximum absolute atomic E-state index is 12.9. The van der Waals surface area contributed by atoms with Crippen LogP contribution in [0, 0.1) is 0 Å². The van der Waals surface area contributed by atoms with Crippen LogP contribution in [0.5, 0.6) is 5.75 Å². The van der Waals surface area contributed by atoms with E-state index in [4.69, 9.17) is 0 Å². The predicted octanol–water partition coefficient (Wildman–Crippen LogP) is 3.23. The number of likely N-dealkylation sites (tertiary alicyclic amines) is 1. The smallest absolute Gasteiger partial charge is 0.236 e. The number of amides is 1. The Hall–Kier alpha value is -2.40. The van der Waals surface area contributed by atoms with Crippen LogP contribution in [0.25, 0.3) is 0 Å². The van der Waals surface area contributed by atoms with Gasteiger partial charge >= 0.3 is 0 Å². The van der Waals surface area contributed by atoms with Crippen molar-refractivity contribution < 1.29 is 9.90 Å². The zero-order valence-electron chi connectivity index (χ0n) is 16.1. The first-order valence-electron chi connectivity index (χ1n) is 9.76. The molecule has 1 amide bonds. The van der Waals surface area contributed by atoms with Crippen molar-refractivity contribution in [1.29, 1.82) is 0 Å². The van der Waals surface area contributed by atoms with Crippen LogP contribution in [0.3, 0.4) is 0 Å². The Morgan fingerprint density at radius 3 is 2.81 bits per heavy atom. The zero-order valence-corrected chi connectivity index (χ0v) is 16.1. The number of piperidine rings is 1. The molecule has 27 heavy (non-hydrogen) atoms. The van der Waals surface area contributed by atoms with Crippen molar-refractivity contribution in [2.75, 3.05) is 20.1 Å². The molecule has 0 unspecified atom stereocenters. The van der Waals surface area contributed by atoms with Crippen LogP contribution in [0.15, 0.2) is 48.8 Å². The highest BCUT2D eigenvalue weighted by atomic mass is 16.3. The van der Waals surface area contributed by atoms with Crippen molar-refractivity contribution in [3.63, 3.8) is 0 Å². The van der Waals surface area contributed by atoms with E-state index in [0.717, 1.165) is 44.3 Å². The van der Waals surface area contributed by atoms with Gasteiger partial charge in [-0.25, -0.2) is 0 Å². The Bertz CT molecular complexity index is 735. The number of aromatic hydroxyl groups is 1. The van der Waals surface area contributed by atoms with E-state index in [0.29, 0.717) is 18.3 Å². The number of carbonyl (C=O) groups excluding carboxylic acids is 1. The van der Waals surface area contributed by atoms with Crippen LogP contribution >= 0.6 is 0 Å². The monoisotopic (exact) mass is 367 g/mol. The fourth-order valence-corrected chi connectivity index (χ4v) is 3.85. The SMILES string of the molecule is CN(CC(=O)N1CCCC[C@@H]1CCc1cccc(O)c1)Cc1ccncc1. The van der Waals surface area contributed by atoms with Gasteiger partial charge in [0.05, 0.1) is 6.54 Å². The Labute approximate surface area is 161 Å². The topological polar surface area (TPSA) is 56.7 Å². The highest BCUT2D eigenvalue weighted by molar-refractivity contribution is 5.78. The summed E-state index contributed by atoms with van der Waals surface area (Å²) < 4.78 is 0. The average Bonchev–Trinajstić information content (AvgIpc) is 2.67. The van der Waals surface area contributed by atoms with Crippen LogP contribution in [-0.4, -0.2) is 52.0 Å². The Morgan fingerprint density at radius 1 is 1.22 bits per heavy atom. The maximum atomic E-state index is 12.9. The molecule has 0 aliphatic carbocycles. The molecule has 1 aromatic heterocycles. The molecule has 1 saturated heterocycles. The number of phenols is 1. The van der Waals surface area contributed by atoms with Crippen LogP contribution in [0.4, 0.5) is 0 Å². The summed E-state index contributed by atoms with van der Waals surface area (Å²) in [6, 6.07) is 11.7. The van der Waals surface area contributed by atoms with E-state index in [2.05, 4.69) is 14.8 Å². The maximum Gasteiger partial charge on any atom is 0.236 e. The first kappa shape index (κ1) is 19.4. The van der Waals surface area contributed by atoms with Crippen LogP contribution < -0.4 is 0 Å². The molecule has 1 aliphatic heterocycles. The number of aryl methyl sites for hydroxylation is 1. The van der Waals surface area contributed by atoms with Crippen LogP contribution in [0.2, 0.25) is 0 Å². The number of hydrogen-bond acceptors (Lipinski definition) is 4. The standard InChI is InChI=1S/C22H29N3O2/c1-24(16-19-10-12-23-13-11-19)17-22(27)25-14-3-2-6-20(25)9-8-18-5-4-7-21(26)15-18/h4-5,7,10-13,15,20,26H,2-3,6,8-9,14,16-17H2,1H3/t20-/m1/s1. The summed E-state index contributed by atoms with van der Waals surface area (Å²) in [4.78, 5) is 21.1. The number of rotatable bonds is 7. The lowest BCUT2D eigenvalue weighted by Crippen LogP contribution is -2.47. The summed E-state index contributed by atoms with van der Waals surface area (Å²) in [6.45, 7) is 2.04. The zero-order chi connectivity index (χ0) is 19.1. The van der Waals surface area contributed by atoms with Gasteiger partial charge in [0, 0.05) is 31.5 Å². The second kappa shape index (κ2) is 9.51. The third-order valence-electron chi connectivity index (χ3n) is 5.23. The number of aromatic nitrogens is 1. The van der Waals surface area contributed by atoms with E-state index in [1.807, 2.05) is 37.4 Å². The van der Waals surface area contributed by atoms with Crippen LogP contribution in [-0.2, 0) is 17.8 Å². The summed E-state index contributed by atoms with van der Waals surface area (Å²) in [6.07, 6.45) is 8.74. The lowest BCUT2D eigenvalue weighted by molar-refractivity contribution is -0.136. The number of likely N-dealkylation sites (N-methyl/N-ethyl adjacent to an activating group) is 1. The van der Waals surface area contributed by atoms with Gasteiger partial charge in [-0.15, -0.1) is 0 Å². The fourth-order valence-electron chi connectivity index (χ4n) is 3.85. The number of pyridine rings is 1. The Kier molecular flexibility index (Phi) is 6.82. The summed E-state index contributed by atoms with van der Waals surface area (Å²) in [5.74, 6) is 0.522. The molecule has 2 aromatic rings. The minimum atomic E-state index is 0.215. The summed E-state index contributed by atoms with van der Waals surface area (Å²) in [5, 5.41) is 9.64. The third kappa shape index (κ3) is 5.79. The van der Waals surface area contributed by atoms with E-state index in [1.165, 1.54) is 12.0 Å².